The lowest BCUT2D eigenvalue weighted by Gasteiger charge is -2.45. The first kappa shape index (κ1) is 17.7. The molecule has 2 bridgehead atoms. The number of rotatable bonds is 4. The Morgan fingerprint density at radius 1 is 0.857 bits per heavy atom. The van der Waals surface area contributed by atoms with Crippen molar-refractivity contribution >= 4 is 21.9 Å². The number of esters is 1. The zero-order valence-electron chi connectivity index (χ0n) is 15.4. The molecule has 0 amide bonds. The monoisotopic (exact) mass is 432 g/mol. The Bertz CT molecular complexity index is 966. The highest BCUT2D eigenvalue weighted by atomic mass is 79.9. The van der Waals surface area contributed by atoms with Gasteiger partial charge in [-0.3, -0.25) is 4.79 Å². The van der Waals surface area contributed by atoms with Crippen LogP contribution in [0.2, 0.25) is 0 Å². The van der Waals surface area contributed by atoms with E-state index in [2.05, 4.69) is 64.5 Å². The molecule has 3 aliphatic rings. The van der Waals surface area contributed by atoms with Crippen LogP contribution in [0.3, 0.4) is 0 Å². The van der Waals surface area contributed by atoms with Gasteiger partial charge in [-0.1, -0.05) is 94.8 Å². The molecule has 0 heterocycles. The number of fused-ring (bicyclic) bond motifs is 1. The fourth-order valence-electron chi connectivity index (χ4n) is 4.94. The van der Waals surface area contributed by atoms with Gasteiger partial charge in [0.25, 0.3) is 0 Å². The van der Waals surface area contributed by atoms with Gasteiger partial charge in [-0.15, -0.1) is 0 Å². The minimum absolute atomic E-state index is 0.214. The van der Waals surface area contributed by atoms with Crippen LogP contribution < -0.4 is 0 Å². The molecule has 28 heavy (non-hydrogen) atoms. The van der Waals surface area contributed by atoms with E-state index in [1.165, 1.54) is 22.3 Å². The quantitative estimate of drug-likeness (QED) is 0.375. The molecule has 140 valence electrons. The van der Waals surface area contributed by atoms with Crippen LogP contribution in [0, 0.1) is 5.92 Å². The molecule has 0 saturated heterocycles. The van der Waals surface area contributed by atoms with Crippen LogP contribution in [0.5, 0.6) is 0 Å². The maximum absolute atomic E-state index is 12.6. The summed E-state index contributed by atoms with van der Waals surface area (Å²) in [6.45, 7) is 0.456. The first-order chi connectivity index (χ1) is 13.7. The van der Waals surface area contributed by atoms with E-state index in [0.717, 1.165) is 12.0 Å². The molecule has 0 unspecified atom stereocenters. The van der Waals surface area contributed by atoms with Crippen molar-refractivity contribution in [2.75, 3.05) is 6.61 Å². The third kappa shape index (κ3) is 2.89. The van der Waals surface area contributed by atoms with Gasteiger partial charge >= 0.3 is 5.97 Å². The van der Waals surface area contributed by atoms with E-state index in [9.17, 15) is 4.79 Å². The van der Waals surface area contributed by atoms with Crippen molar-refractivity contribution in [3.63, 3.8) is 0 Å². The number of benzene rings is 3. The van der Waals surface area contributed by atoms with Crippen molar-refractivity contribution in [3.05, 3.63) is 107 Å². The predicted molar refractivity (Wildman–Crippen MR) is 114 cm³/mol. The molecule has 0 saturated carbocycles. The Balaban J connectivity index is 1.38. The van der Waals surface area contributed by atoms with E-state index in [0.29, 0.717) is 24.4 Å². The minimum Gasteiger partial charge on any atom is -0.464 e. The van der Waals surface area contributed by atoms with E-state index >= 15 is 0 Å². The highest BCUT2D eigenvalue weighted by Crippen LogP contribution is 2.55. The summed E-state index contributed by atoms with van der Waals surface area (Å²) in [6, 6.07) is 27.2. The average Bonchev–Trinajstić information content (AvgIpc) is 2.77. The van der Waals surface area contributed by atoms with Gasteiger partial charge in [0.15, 0.2) is 0 Å². The smallest absolute Gasteiger partial charge is 0.324 e. The molecule has 3 heteroatoms. The normalized spacial score (nSPS) is 22.8. The highest BCUT2D eigenvalue weighted by Gasteiger charge is 2.43. The first-order valence-corrected chi connectivity index (χ1v) is 10.7. The van der Waals surface area contributed by atoms with Gasteiger partial charge in [-0.2, -0.15) is 0 Å². The van der Waals surface area contributed by atoms with Gasteiger partial charge in [0.1, 0.15) is 4.83 Å². The molecule has 3 aromatic rings. The lowest BCUT2D eigenvalue weighted by atomic mass is 9.59. The molecule has 0 N–H and O–H groups in total. The molecule has 0 aliphatic heterocycles. The zero-order valence-corrected chi connectivity index (χ0v) is 17.0. The van der Waals surface area contributed by atoms with Crippen LogP contribution in [0.4, 0.5) is 0 Å². The molecule has 3 aliphatic carbocycles. The van der Waals surface area contributed by atoms with E-state index in [4.69, 9.17) is 4.74 Å². The van der Waals surface area contributed by atoms with Gasteiger partial charge in [0.05, 0.1) is 6.61 Å². The number of alkyl halides is 1. The summed E-state index contributed by atoms with van der Waals surface area (Å²) in [5.41, 5.74) is 6.61. The molecular formula is C25H21BrO2. The molecule has 3 aromatic carbocycles. The molecule has 0 fully saturated rings. The van der Waals surface area contributed by atoms with Crippen LogP contribution >= 0.6 is 15.9 Å². The lowest BCUT2D eigenvalue weighted by molar-refractivity contribution is -0.144. The van der Waals surface area contributed by atoms with E-state index in [1.807, 2.05) is 30.3 Å². The first-order valence-electron chi connectivity index (χ1n) is 9.77. The Morgan fingerprint density at radius 3 is 2.00 bits per heavy atom. The van der Waals surface area contributed by atoms with Crippen molar-refractivity contribution in [3.8, 4) is 0 Å². The minimum atomic E-state index is -0.422. The molecule has 0 aromatic heterocycles. The largest absolute Gasteiger partial charge is 0.464 e. The number of carbonyl (C=O) groups excluding carboxylic acids is 1. The summed E-state index contributed by atoms with van der Waals surface area (Å²) < 4.78 is 5.79. The maximum atomic E-state index is 12.6. The van der Waals surface area contributed by atoms with Crippen molar-refractivity contribution < 1.29 is 9.53 Å². The van der Waals surface area contributed by atoms with E-state index in [1.54, 1.807) is 0 Å². The molecule has 2 nitrogen and oxygen atoms in total. The second-order valence-electron chi connectivity index (χ2n) is 7.69. The van der Waals surface area contributed by atoms with Gasteiger partial charge in [0, 0.05) is 17.8 Å². The van der Waals surface area contributed by atoms with Crippen LogP contribution in [-0.4, -0.2) is 12.6 Å². The third-order valence-corrected chi connectivity index (χ3v) is 7.06. The molecule has 0 radical (unpaired) electrons. The lowest BCUT2D eigenvalue weighted by Crippen LogP contribution is -2.35. The highest BCUT2D eigenvalue weighted by molar-refractivity contribution is 9.09. The summed E-state index contributed by atoms with van der Waals surface area (Å²) in [5, 5.41) is 0. The van der Waals surface area contributed by atoms with Crippen molar-refractivity contribution in [1.29, 1.82) is 0 Å². The Kier molecular flexibility index (Phi) is 4.56. The second kappa shape index (κ2) is 7.21. The summed E-state index contributed by atoms with van der Waals surface area (Å²) in [5.74, 6) is 0.800. The molecule has 0 spiro atoms. The van der Waals surface area contributed by atoms with Gasteiger partial charge in [0.2, 0.25) is 0 Å². The topological polar surface area (TPSA) is 26.3 Å². The summed E-state index contributed by atoms with van der Waals surface area (Å²) >= 11 is 3.49. The van der Waals surface area contributed by atoms with E-state index in [-0.39, 0.29) is 5.97 Å². The summed E-state index contributed by atoms with van der Waals surface area (Å²) in [6.07, 6.45) is 1.03. The molecular weight excluding hydrogens is 412 g/mol. The Labute approximate surface area is 173 Å². The third-order valence-electron chi connectivity index (χ3n) is 6.16. The molecule has 6 rings (SSSR count). The van der Waals surface area contributed by atoms with Crippen LogP contribution in [-0.2, 0) is 9.53 Å². The molecule has 2 atom stereocenters. The number of hydrogen-bond acceptors (Lipinski definition) is 2. The van der Waals surface area contributed by atoms with Crippen LogP contribution in [0.25, 0.3) is 0 Å². The van der Waals surface area contributed by atoms with E-state index < -0.39 is 4.83 Å². The number of halogens is 1. The van der Waals surface area contributed by atoms with Crippen LogP contribution in [0.15, 0.2) is 78.9 Å². The Morgan fingerprint density at radius 2 is 1.39 bits per heavy atom. The maximum Gasteiger partial charge on any atom is 0.324 e. The Hall–Kier alpha value is -2.39. The van der Waals surface area contributed by atoms with Gasteiger partial charge in [-0.25, -0.2) is 0 Å². The summed E-state index contributed by atoms with van der Waals surface area (Å²) in [7, 11) is 0. The van der Waals surface area contributed by atoms with Gasteiger partial charge in [-0.05, 0) is 34.2 Å². The number of hydrogen-bond donors (Lipinski definition) is 0. The van der Waals surface area contributed by atoms with Crippen molar-refractivity contribution in [2.45, 2.75) is 23.1 Å². The zero-order chi connectivity index (χ0) is 19.1. The average molecular weight is 433 g/mol. The van der Waals surface area contributed by atoms with Crippen molar-refractivity contribution in [1.82, 2.24) is 0 Å². The SMILES string of the molecule is O=C(OC[C@@H]1CC2c3ccccc3C1c1ccccc12)[C@H](Br)c1ccccc1. The van der Waals surface area contributed by atoms with Gasteiger partial charge < -0.3 is 4.74 Å². The number of carbonyl (C=O) groups is 1. The fraction of sp³-hybridized carbons (Fsp3) is 0.240. The van der Waals surface area contributed by atoms with Crippen molar-refractivity contribution in [2.24, 2.45) is 5.92 Å². The standard InChI is InChI=1S/C25H21BrO2/c26-24(16-8-2-1-3-9-16)25(27)28-15-17-14-22-18-10-4-6-12-20(18)23(17)21-13-7-5-11-19(21)22/h1-13,17,22-24H,14-15H2/t17-,22?,23?,24+/m0/s1. The van der Waals surface area contributed by atoms with Crippen LogP contribution in [0.1, 0.15) is 50.9 Å². The fourth-order valence-corrected chi connectivity index (χ4v) is 5.38. The second-order valence-corrected chi connectivity index (χ2v) is 8.60. The number of ether oxygens (including phenoxy) is 1. The summed E-state index contributed by atoms with van der Waals surface area (Å²) in [4.78, 5) is 12.2. The predicted octanol–water partition coefficient (Wildman–Crippen LogP) is 5.96.